The number of nitrogens with zero attached hydrogens (tertiary/aromatic N) is 1. The van der Waals surface area contributed by atoms with Gasteiger partial charge in [-0.05, 0) is 6.07 Å². The zero-order chi connectivity index (χ0) is 15.0. The zero-order valence-electron chi connectivity index (χ0n) is 11.0. The predicted molar refractivity (Wildman–Crippen MR) is 73.3 cm³/mol. The summed E-state index contributed by atoms with van der Waals surface area (Å²) in [5.74, 6) is -0.593. The van der Waals surface area contributed by atoms with Crippen LogP contribution in [0.4, 0.5) is 11.4 Å². The summed E-state index contributed by atoms with van der Waals surface area (Å²) >= 11 is 0. The van der Waals surface area contributed by atoms with Crippen molar-refractivity contribution in [3.8, 4) is 0 Å². The highest BCUT2D eigenvalue weighted by atomic mass is 16.6. The first-order chi connectivity index (χ1) is 9.54. The number of nitro groups is 1. The molecule has 3 N–H and O–H groups in total. The molecule has 2 amide bonds. The van der Waals surface area contributed by atoms with Gasteiger partial charge in [0.1, 0.15) is 5.69 Å². The summed E-state index contributed by atoms with van der Waals surface area (Å²) in [6.07, 6.45) is 0.114. The number of carbonyl (C=O) groups is 2. The largest absolute Gasteiger partial charge is 0.379 e. The second-order valence-corrected chi connectivity index (χ2v) is 3.90. The molecule has 1 rings (SSSR count). The topological polar surface area (TPSA) is 113 Å². The normalized spacial score (nSPS) is 9.65. The molecule has 1 aromatic rings. The van der Waals surface area contributed by atoms with Crippen molar-refractivity contribution in [1.29, 1.82) is 0 Å². The highest BCUT2D eigenvalue weighted by Crippen LogP contribution is 2.22. The number of hydrogen-bond donors (Lipinski definition) is 3. The Labute approximate surface area is 115 Å². The van der Waals surface area contributed by atoms with Crippen LogP contribution in [0.3, 0.4) is 0 Å². The van der Waals surface area contributed by atoms with E-state index in [1.807, 2.05) is 0 Å². The molecule has 20 heavy (non-hydrogen) atoms. The van der Waals surface area contributed by atoms with Crippen LogP contribution in [0.25, 0.3) is 0 Å². The van der Waals surface area contributed by atoms with Crippen molar-refractivity contribution in [3.63, 3.8) is 0 Å². The number of nitrogens with one attached hydrogen (secondary N) is 3. The molecule has 0 bridgehead atoms. The van der Waals surface area contributed by atoms with Gasteiger partial charge in [0, 0.05) is 26.1 Å². The van der Waals surface area contributed by atoms with Gasteiger partial charge in [0.25, 0.3) is 5.69 Å². The van der Waals surface area contributed by atoms with Gasteiger partial charge >= 0.3 is 0 Å². The monoisotopic (exact) mass is 280 g/mol. The molecule has 108 valence electrons. The number of carbonyl (C=O) groups excluding carboxylic acids is 2. The van der Waals surface area contributed by atoms with E-state index in [1.54, 1.807) is 18.2 Å². The molecule has 0 aromatic heterocycles. The van der Waals surface area contributed by atoms with Crippen LogP contribution in [0.1, 0.15) is 6.42 Å². The third-order valence-electron chi connectivity index (χ3n) is 2.49. The molecule has 8 heteroatoms. The summed E-state index contributed by atoms with van der Waals surface area (Å²) in [6.45, 7) is 0.158. The summed E-state index contributed by atoms with van der Waals surface area (Å²) in [5.41, 5.74) is 0.315. The first-order valence-corrected chi connectivity index (χ1v) is 5.99. The Bertz CT molecular complexity index is 504. The molecule has 0 spiro atoms. The van der Waals surface area contributed by atoms with Crippen molar-refractivity contribution in [2.24, 2.45) is 0 Å². The van der Waals surface area contributed by atoms with E-state index in [9.17, 15) is 19.7 Å². The van der Waals surface area contributed by atoms with Gasteiger partial charge in [-0.2, -0.15) is 0 Å². The van der Waals surface area contributed by atoms with Gasteiger partial charge < -0.3 is 16.0 Å². The molecular weight excluding hydrogens is 264 g/mol. The SMILES string of the molecule is CNC(=O)CNC(=O)CCNc1ccccc1[N+](=O)[O-]. The van der Waals surface area contributed by atoms with Crippen LogP contribution < -0.4 is 16.0 Å². The van der Waals surface area contributed by atoms with Crippen molar-refractivity contribution in [2.45, 2.75) is 6.42 Å². The lowest BCUT2D eigenvalue weighted by Gasteiger charge is -2.07. The third-order valence-corrected chi connectivity index (χ3v) is 2.49. The lowest BCUT2D eigenvalue weighted by molar-refractivity contribution is -0.384. The van der Waals surface area contributed by atoms with Crippen molar-refractivity contribution in [3.05, 3.63) is 34.4 Å². The number of nitro benzene ring substituents is 1. The molecule has 0 saturated heterocycles. The molecular formula is C12H16N4O4. The first kappa shape index (κ1) is 15.4. The molecule has 0 aliphatic carbocycles. The van der Waals surface area contributed by atoms with E-state index in [2.05, 4.69) is 16.0 Å². The molecule has 0 aliphatic heterocycles. The molecule has 0 aliphatic rings. The van der Waals surface area contributed by atoms with E-state index in [-0.39, 0.29) is 37.0 Å². The summed E-state index contributed by atoms with van der Waals surface area (Å²) in [5, 5.41) is 18.4. The van der Waals surface area contributed by atoms with Crippen LogP contribution in [0.5, 0.6) is 0 Å². The van der Waals surface area contributed by atoms with Gasteiger partial charge in [-0.1, -0.05) is 12.1 Å². The van der Waals surface area contributed by atoms with E-state index in [4.69, 9.17) is 0 Å². The zero-order valence-corrected chi connectivity index (χ0v) is 11.0. The average Bonchev–Trinajstić information content (AvgIpc) is 2.45. The maximum absolute atomic E-state index is 11.4. The number of para-hydroxylation sites is 2. The van der Waals surface area contributed by atoms with E-state index < -0.39 is 4.92 Å². The standard InChI is InChI=1S/C12H16N4O4/c1-13-12(18)8-15-11(17)6-7-14-9-4-2-3-5-10(9)16(19)20/h2-5,14H,6-8H2,1H3,(H,13,18)(H,15,17). The van der Waals surface area contributed by atoms with Crippen molar-refractivity contribution in [2.75, 3.05) is 25.5 Å². The number of rotatable bonds is 7. The van der Waals surface area contributed by atoms with Crippen LogP contribution in [0, 0.1) is 10.1 Å². The Morgan fingerprint density at radius 1 is 1.25 bits per heavy atom. The van der Waals surface area contributed by atoms with Gasteiger partial charge in [-0.15, -0.1) is 0 Å². The van der Waals surface area contributed by atoms with E-state index in [0.717, 1.165) is 0 Å². The van der Waals surface area contributed by atoms with Crippen LogP contribution >= 0.6 is 0 Å². The number of amides is 2. The quantitative estimate of drug-likeness (QED) is 0.489. The molecule has 0 saturated carbocycles. The summed E-state index contributed by atoms with van der Waals surface area (Å²) in [4.78, 5) is 32.6. The highest BCUT2D eigenvalue weighted by Gasteiger charge is 2.12. The van der Waals surface area contributed by atoms with Crippen LogP contribution in [-0.4, -0.2) is 36.9 Å². The minimum absolute atomic E-state index is 0.0433. The Morgan fingerprint density at radius 2 is 1.95 bits per heavy atom. The predicted octanol–water partition coefficient (Wildman–Crippen LogP) is 0.259. The summed E-state index contributed by atoms with van der Waals surface area (Å²) < 4.78 is 0. The van der Waals surface area contributed by atoms with E-state index >= 15 is 0 Å². The number of hydrogen-bond acceptors (Lipinski definition) is 5. The molecule has 0 fully saturated rings. The van der Waals surface area contributed by atoms with Gasteiger partial charge in [-0.3, -0.25) is 19.7 Å². The van der Waals surface area contributed by atoms with E-state index in [0.29, 0.717) is 5.69 Å². The van der Waals surface area contributed by atoms with Gasteiger partial charge in [0.2, 0.25) is 11.8 Å². The molecule has 0 radical (unpaired) electrons. The third kappa shape index (κ3) is 4.92. The van der Waals surface area contributed by atoms with Gasteiger partial charge in [0.15, 0.2) is 0 Å². The minimum Gasteiger partial charge on any atom is -0.379 e. The van der Waals surface area contributed by atoms with Crippen molar-refractivity contribution >= 4 is 23.2 Å². The maximum Gasteiger partial charge on any atom is 0.292 e. The first-order valence-electron chi connectivity index (χ1n) is 5.99. The molecule has 0 atom stereocenters. The highest BCUT2D eigenvalue weighted by molar-refractivity contribution is 5.84. The summed E-state index contributed by atoms with van der Waals surface area (Å²) in [7, 11) is 1.48. The Hall–Kier alpha value is -2.64. The van der Waals surface area contributed by atoms with E-state index in [1.165, 1.54) is 13.1 Å². The minimum atomic E-state index is -0.492. The van der Waals surface area contributed by atoms with Crippen LogP contribution in [0.2, 0.25) is 0 Å². The van der Waals surface area contributed by atoms with Gasteiger partial charge in [0.05, 0.1) is 11.5 Å². The second-order valence-electron chi connectivity index (χ2n) is 3.90. The fourth-order valence-corrected chi connectivity index (χ4v) is 1.45. The summed E-state index contributed by atoms with van der Waals surface area (Å²) in [6, 6.07) is 6.19. The fraction of sp³-hybridized carbons (Fsp3) is 0.333. The number of anilines is 1. The molecule has 8 nitrogen and oxygen atoms in total. The fourth-order valence-electron chi connectivity index (χ4n) is 1.45. The Balaban J connectivity index is 2.39. The van der Waals surface area contributed by atoms with Crippen molar-refractivity contribution < 1.29 is 14.5 Å². The number of likely N-dealkylation sites (N-methyl/N-ethyl adjacent to an activating group) is 1. The number of benzene rings is 1. The molecule has 0 heterocycles. The lowest BCUT2D eigenvalue weighted by Crippen LogP contribution is -2.35. The van der Waals surface area contributed by atoms with Crippen LogP contribution in [-0.2, 0) is 9.59 Å². The Morgan fingerprint density at radius 3 is 2.60 bits per heavy atom. The lowest BCUT2D eigenvalue weighted by atomic mass is 10.2. The molecule has 1 aromatic carbocycles. The van der Waals surface area contributed by atoms with Crippen LogP contribution in [0.15, 0.2) is 24.3 Å². The second kappa shape index (κ2) is 7.72. The maximum atomic E-state index is 11.4. The Kier molecular flexibility index (Phi) is 5.95. The van der Waals surface area contributed by atoms with Crippen molar-refractivity contribution in [1.82, 2.24) is 10.6 Å². The van der Waals surface area contributed by atoms with Gasteiger partial charge in [-0.25, -0.2) is 0 Å². The smallest absolute Gasteiger partial charge is 0.292 e. The average molecular weight is 280 g/mol. The molecule has 0 unspecified atom stereocenters.